The molecule has 6 rings (SSSR count). The van der Waals surface area contributed by atoms with Gasteiger partial charge in [0.2, 0.25) is 11.9 Å². The van der Waals surface area contributed by atoms with E-state index in [1.165, 1.54) is 31.5 Å². The molecule has 0 atom stereocenters. The number of imide groups is 1. The van der Waals surface area contributed by atoms with Gasteiger partial charge in [0.1, 0.15) is 0 Å². The van der Waals surface area contributed by atoms with Crippen LogP contribution in [-0.4, -0.2) is 119 Å². The smallest absolute Gasteiger partial charge is 0.387 e. The topological polar surface area (TPSA) is 158 Å². The monoisotopic (exact) mass is 690 g/mol. The van der Waals surface area contributed by atoms with Crippen LogP contribution in [0.15, 0.2) is 30.6 Å². The number of ether oxygens (including phenoxy) is 1. The lowest BCUT2D eigenvalue weighted by Crippen LogP contribution is -2.49. The number of hydrogen-bond acceptors (Lipinski definition) is 10. The second-order valence-electron chi connectivity index (χ2n) is 12.4. The van der Waals surface area contributed by atoms with Crippen LogP contribution in [0.1, 0.15) is 43.6 Å². The van der Waals surface area contributed by atoms with Crippen LogP contribution in [0.25, 0.3) is 10.9 Å². The fourth-order valence-corrected chi connectivity index (χ4v) is 7.91. The van der Waals surface area contributed by atoms with Crippen LogP contribution >= 0.6 is 0 Å². The normalized spacial score (nSPS) is 19.4. The summed E-state index contributed by atoms with van der Waals surface area (Å²) in [5.74, 6) is 0.753. The van der Waals surface area contributed by atoms with Crippen molar-refractivity contribution in [3.8, 4) is 5.75 Å². The predicted octanol–water partition coefficient (Wildman–Crippen LogP) is 2.34. The molecule has 0 aliphatic carbocycles. The number of piperidine rings is 2. The molecule has 3 fully saturated rings. The number of carbonyl (C=O) groups is 2. The van der Waals surface area contributed by atoms with Gasteiger partial charge < -0.3 is 15.0 Å². The maximum absolute atomic E-state index is 13.3. The molecule has 0 bridgehead atoms. The molecule has 18 heteroatoms. The Morgan fingerprint density at radius 1 is 1.06 bits per heavy atom. The molecule has 0 unspecified atom stereocenters. The number of alkyl halides is 2. The number of aromatic nitrogens is 4. The summed E-state index contributed by atoms with van der Waals surface area (Å²) in [5.41, 5.74) is 2.13. The first-order valence-electron chi connectivity index (χ1n) is 16.0. The van der Waals surface area contributed by atoms with Crippen molar-refractivity contribution in [3.63, 3.8) is 0 Å². The first-order valence-corrected chi connectivity index (χ1v) is 17.4. The Hall–Kier alpha value is -4.00. The van der Waals surface area contributed by atoms with E-state index in [4.69, 9.17) is 0 Å². The number of rotatable bonds is 11. The van der Waals surface area contributed by atoms with Gasteiger partial charge in [0.25, 0.3) is 10.2 Å². The Balaban J connectivity index is 0.959. The Morgan fingerprint density at radius 2 is 1.77 bits per heavy atom. The molecule has 3 aliphatic rings. The highest BCUT2D eigenvalue weighted by Crippen LogP contribution is 2.33. The van der Waals surface area contributed by atoms with Crippen molar-refractivity contribution in [2.24, 2.45) is 7.05 Å². The van der Waals surface area contributed by atoms with Gasteiger partial charge in [-0.2, -0.15) is 30.9 Å². The molecule has 3 amide bonds. The van der Waals surface area contributed by atoms with Gasteiger partial charge in [-0.15, -0.1) is 0 Å². The fourth-order valence-electron chi connectivity index (χ4n) is 6.53. The van der Waals surface area contributed by atoms with E-state index in [0.29, 0.717) is 57.3 Å². The zero-order valence-electron chi connectivity index (χ0n) is 26.9. The van der Waals surface area contributed by atoms with Crippen LogP contribution < -0.4 is 20.3 Å². The lowest BCUT2D eigenvalue weighted by atomic mass is 9.89. The molecule has 2 N–H and O–H groups in total. The SMILES string of the molecule is CN(CCN1CCC(c2ccc3c(N4CCC(=O)NC4=O)nn(C)c3c2)CC1)S(=O)(=O)N1CCC(Nc2ncc(OC(F)F)cn2)CC1. The molecule has 5 heterocycles. The molecule has 2 aromatic heterocycles. The van der Waals surface area contributed by atoms with Gasteiger partial charge in [-0.05, 0) is 62.4 Å². The van der Waals surface area contributed by atoms with Crippen molar-refractivity contribution >= 4 is 44.8 Å². The molecule has 0 radical (unpaired) electrons. The first-order chi connectivity index (χ1) is 23.0. The average Bonchev–Trinajstić information content (AvgIpc) is 3.39. The van der Waals surface area contributed by atoms with Crippen LogP contribution in [-0.2, 0) is 22.1 Å². The van der Waals surface area contributed by atoms with Gasteiger partial charge in [-0.1, -0.05) is 6.07 Å². The second kappa shape index (κ2) is 14.2. The summed E-state index contributed by atoms with van der Waals surface area (Å²) in [6.45, 7) is 0.744. The molecule has 0 saturated carbocycles. The van der Waals surface area contributed by atoms with Crippen LogP contribution in [0.2, 0.25) is 0 Å². The maximum atomic E-state index is 13.3. The molecular formula is C30H40F2N10O5S. The second-order valence-corrected chi connectivity index (χ2v) is 14.4. The van der Waals surface area contributed by atoms with Crippen molar-refractivity contribution in [1.82, 2.24) is 38.6 Å². The van der Waals surface area contributed by atoms with E-state index in [1.54, 1.807) is 11.7 Å². The lowest BCUT2D eigenvalue weighted by molar-refractivity contribution is -0.120. The van der Waals surface area contributed by atoms with Crippen LogP contribution in [0.3, 0.4) is 0 Å². The largest absolute Gasteiger partial charge is 0.432 e. The number of aryl methyl sites for hydroxylation is 1. The third-order valence-electron chi connectivity index (χ3n) is 9.32. The molecule has 3 aliphatic heterocycles. The summed E-state index contributed by atoms with van der Waals surface area (Å²) in [4.78, 5) is 35.8. The number of amides is 3. The third kappa shape index (κ3) is 7.50. The minimum atomic E-state index is -3.63. The van der Waals surface area contributed by atoms with Crippen molar-refractivity contribution in [3.05, 3.63) is 36.2 Å². The number of carbonyl (C=O) groups excluding carboxylic acids is 2. The number of likely N-dealkylation sites (tertiary alicyclic amines) is 1. The van der Waals surface area contributed by atoms with E-state index >= 15 is 0 Å². The van der Waals surface area contributed by atoms with Gasteiger partial charge in [0, 0.05) is 64.7 Å². The van der Waals surface area contributed by atoms with E-state index in [0.717, 1.165) is 36.8 Å². The van der Waals surface area contributed by atoms with Crippen LogP contribution in [0.4, 0.5) is 25.3 Å². The van der Waals surface area contributed by atoms with Crippen molar-refractivity contribution in [2.75, 3.05) is 63.1 Å². The Kier molecular flexibility index (Phi) is 10.0. The average molecular weight is 691 g/mol. The molecule has 0 spiro atoms. The molecule has 3 saturated heterocycles. The van der Waals surface area contributed by atoms with Crippen molar-refractivity contribution in [1.29, 1.82) is 0 Å². The summed E-state index contributed by atoms with van der Waals surface area (Å²) in [6, 6.07) is 5.72. The highest BCUT2D eigenvalue weighted by atomic mass is 32.2. The van der Waals surface area contributed by atoms with Gasteiger partial charge in [-0.25, -0.2) is 14.8 Å². The predicted molar refractivity (Wildman–Crippen MR) is 173 cm³/mol. The quantitative estimate of drug-likeness (QED) is 0.306. The van der Waals surface area contributed by atoms with E-state index in [9.17, 15) is 26.8 Å². The molecule has 260 valence electrons. The summed E-state index contributed by atoms with van der Waals surface area (Å²) in [5, 5.41) is 10.9. The maximum Gasteiger partial charge on any atom is 0.387 e. The number of nitrogens with zero attached hydrogens (tertiary/aromatic N) is 8. The van der Waals surface area contributed by atoms with E-state index in [1.807, 2.05) is 13.1 Å². The summed E-state index contributed by atoms with van der Waals surface area (Å²) in [7, 11) is -0.161. The Labute approximate surface area is 277 Å². The molecular weight excluding hydrogens is 650 g/mol. The summed E-state index contributed by atoms with van der Waals surface area (Å²) in [6.07, 6.45) is 5.56. The number of urea groups is 1. The zero-order chi connectivity index (χ0) is 34.0. The highest BCUT2D eigenvalue weighted by molar-refractivity contribution is 7.86. The highest BCUT2D eigenvalue weighted by Gasteiger charge is 2.32. The van der Waals surface area contributed by atoms with Crippen molar-refractivity contribution in [2.45, 2.75) is 50.7 Å². The number of likely N-dealkylation sites (N-methyl/N-ethyl adjacent to an activating group) is 1. The third-order valence-corrected chi connectivity index (χ3v) is 11.3. The van der Waals surface area contributed by atoms with Gasteiger partial charge >= 0.3 is 12.6 Å². The lowest BCUT2D eigenvalue weighted by Gasteiger charge is -2.36. The first kappa shape index (κ1) is 33.9. The number of anilines is 2. The molecule has 1 aromatic carbocycles. The Morgan fingerprint density at radius 3 is 2.44 bits per heavy atom. The van der Waals surface area contributed by atoms with Gasteiger partial charge in [0.05, 0.1) is 17.9 Å². The fraction of sp³-hybridized carbons (Fsp3) is 0.567. The summed E-state index contributed by atoms with van der Waals surface area (Å²) < 4.78 is 60.3. The van der Waals surface area contributed by atoms with E-state index < -0.39 is 22.9 Å². The number of halogens is 2. The van der Waals surface area contributed by atoms with Crippen molar-refractivity contribution < 1.29 is 31.5 Å². The minimum Gasteiger partial charge on any atom is -0.432 e. The zero-order valence-corrected chi connectivity index (χ0v) is 27.7. The van der Waals surface area contributed by atoms with Crippen LogP contribution in [0, 0.1) is 0 Å². The molecule has 15 nitrogen and oxygen atoms in total. The van der Waals surface area contributed by atoms with Crippen LogP contribution in [0.5, 0.6) is 5.75 Å². The van der Waals surface area contributed by atoms with E-state index in [-0.39, 0.29) is 30.1 Å². The molecule has 48 heavy (non-hydrogen) atoms. The van der Waals surface area contributed by atoms with Gasteiger partial charge in [0.15, 0.2) is 11.6 Å². The number of fused-ring (bicyclic) bond motifs is 1. The number of nitrogens with one attached hydrogen (secondary N) is 2. The molecule has 3 aromatic rings. The summed E-state index contributed by atoms with van der Waals surface area (Å²) >= 11 is 0. The van der Waals surface area contributed by atoms with E-state index in [2.05, 4.69) is 47.5 Å². The Bertz CT molecular complexity index is 1730. The standard InChI is InChI=1S/C30H40F2N10O5S/c1-38(48(45,46)41-12-7-22(8-13-41)35-29-33-18-23(19-34-29)47-28(31)32)15-16-40-10-5-20(6-11-40)21-3-4-24-25(17-21)39(2)37-27(24)42-14-9-26(43)36-30(42)44/h3-4,17-20,22,28H,5-16H2,1-2H3,(H,33,34,35)(H,36,43,44). The van der Waals surface area contributed by atoms with Gasteiger partial charge in [-0.3, -0.25) is 19.7 Å². The minimum absolute atomic E-state index is 0.0475. The number of hydrogen-bond donors (Lipinski definition) is 2. The number of benzene rings is 1.